The highest BCUT2D eigenvalue weighted by Gasteiger charge is 2.35. The quantitative estimate of drug-likeness (QED) is 0.451. The van der Waals surface area contributed by atoms with Crippen LogP contribution in [0.3, 0.4) is 0 Å². The number of nitrogens with zero attached hydrogens (tertiary/aromatic N) is 3. The van der Waals surface area contributed by atoms with Gasteiger partial charge in [-0.2, -0.15) is 5.10 Å². The van der Waals surface area contributed by atoms with E-state index in [1.807, 2.05) is 27.4 Å². The Kier molecular flexibility index (Phi) is 7.00. The summed E-state index contributed by atoms with van der Waals surface area (Å²) >= 11 is 0. The predicted octanol–water partition coefficient (Wildman–Crippen LogP) is 3.68. The molecule has 2 aromatic heterocycles. The van der Waals surface area contributed by atoms with Crippen molar-refractivity contribution in [2.45, 2.75) is 46.4 Å². The maximum Gasteiger partial charge on any atom is 0.343 e. The van der Waals surface area contributed by atoms with Crippen LogP contribution in [-0.2, 0) is 20.8 Å². The van der Waals surface area contributed by atoms with E-state index in [1.54, 1.807) is 27.3 Å². The zero-order valence-electron chi connectivity index (χ0n) is 21.2. The molecule has 3 heterocycles. The maximum atomic E-state index is 13.0. The van der Waals surface area contributed by atoms with Crippen molar-refractivity contribution in [2.24, 2.45) is 5.41 Å². The van der Waals surface area contributed by atoms with Gasteiger partial charge in [-0.3, -0.25) is 9.48 Å². The molecule has 0 amide bonds. The molecule has 4 rings (SSSR count). The van der Waals surface area contributed by atoms with Crippen molar-refractivity contribution in [2.75, 3.05) is 34.0 Å². The third-order valence-electron chi connectivity index (χ3n) is 6.34. The summed E-state index contributed by atoms with van der Waals surface area (Å²) in [5.74, 6) is 0.0238. The summed E-state index contributed by atoms with van der Waals surface area (Å²) in [6, 6.07) is 7.22. The molecule has 0 saturated carbocycles. The molecule has 1 aliphatic rings. The van der Waals surface area contributed by atoms with E-state index in [9.17, 15) is 9.59 Å². The van der Waals surface area contributed by atoms with E-state index in [4.69, 9.17) is 24.0 Å². The van der Waals surface area contributed by atoms with Gasteiger partial charge in [0.1, 0.15) is 29.5 Å². The SMILES string of the molecule is CCOC(=O)c1cn2c(cc1=O)-c1c3cccc(OCC(COC)OC)c3nn1CC2C(C)(C)C. The number of carbonyl (C=O) groups excluding carboxylic acids is 1. The molecule has 35 heavy (non-hydrogen) atoms. The highest BCUT2D eigenvalue weighted by atomic mass is 16.6. The van der Waals surface area contributed by atoms with Gasteiger partial charge in [0.25, 0.3) is 0 Å². The molecule has 2 unspecified atom stereocenters. The number of ether oxygens (including phenoxy) is 4. The molecule has 1 aliphatic heterocycles. The molecule has 2 atom stereocenters. The molecule has 0 saturated heterocycles. The van der Waals surface area contributed by atoms with Gasteiger partial charge in [-0.05, 0) is 18.4 Å². The van der Waals surface area contributed by atoms with Crippen LogP contribution in [0.15, 0.2) is 35.3 Å². The smallest absolute Gasteiger partial charge is 0.343 e. The summed E-state index contributed by atoms with van der Waals surface area (Å²) in [6.45, 7) is 9.63. The number of methoxy groups -OCH3 is 2. The first-order valence-electron chi connectivity index (χ1n) is 11.8. The van der Waals surface area contributed by atoms with Crippen LogP contribution >= 0.6 is 0 Å². The number of esters is 1. The third-order valence-corrected chi connectivity index (χ3v) is 6.34. The monoisotopic (exact) mass is 483 g/mol. The minimum Gasteiger partial charge on any atom is -0.488 e. The molecule has 0 fully saturated rings. The Morgan fingerprint density at radius 2 is 2.00 bits per heavy atom. The minimum atomic E-state index is -0.608. The largest absolute Gasteiger partial charge is 0.488 e. The zero-order chi connectivity index (χ0) is 25.3. The number of rotatable bonds is 8. The van der Waals surface area contributed by atoms with Gasteiger partial charge < -0.3 is 23.5 Å². The van der Waals surface area contributed by atoms with Crippen LogP contribution in [0.5, 0.6) is 5.75 Å². The van der Waals surface area contributed by atoms with Crippen LogP contribution in [0.2, 0.25) is 0 Å². The van der Waals surface area contributed by atoms with E-state index in [-0.39, 0.29) is 35.2 Å². The first-order valence-corrected chi connectivity index (χ1v) is 11.8. The molecule has 0 bridgehead atoms. The first kappa shape index (κ1) is 24.9. The lowest BCUT2D eigenvalue weighted by atomic mass is 9.85. The third kappa shape index (κ3) is 4.70. The molecule has 0 radical (unpaired) electrons. The summed E-state index contributed by atoms with van der Waals surface area (Å²) < 4.78 is 25.8. The standard InChI is InChI=1S/C26H33N3O6/c1-7-34-25(31)18-12-28-19(11-20(18)30)24-17-9-8-10-21(35-15-16(33-6)14-32-5)23(17)27-29(24)13-22(28)26(2,3)4/h8-12,16,22H,7,13-15H2,1-6H3. The summed E-state index contributed by atoms with van der Waals surface area (Å²) in [4.78, 5) is 25.4. The van der Waals surface area contributed by atoms with Crippen molar-refractivity contribution in [3.63, 3.8) is 0 Å². The fourth-order valence-electron chi connectivity index (χ4n) is 4.50. The van der Waals surface area contributed by atoms with Crippen molar-refractivity contribution in [1.82, 2.24) is 14.3 Å². The number of hydrogen-bond acceptors (Lipinski definition) is 7. The van der Waals surface area contributed by atoms with Crippen molar-refractivity contribution < 1.29 is 23.7 Å². The molecule has 188 valence electrons. The van der Waals surface area contributed by atoms with Gasteiger partial charge in [-0.15, -0.1) is 0 Å². The second kappa shape index (κ2) is 9.83. The predicted molar refractivity (Wildman–Crippen MR) is 132 cm³/mol. The van der Waals surface area contributed by atoms with Crippen molar-refractivity contribution >= 4 is 16.9 Å². The highest BCUT2D eigenvalue weighted by molar-refractivity contribution is 5.97. The van der Waals surface area contributed by atoms with Gasteiger partial charge in [0.2, 0.25) is 0 Å². The molecular weight excluding hydrogens is 450 g/mol. The molecule has 3 aromatic rings. The molecular formula is C26H33N3O6. The fraction of sp³-hybridized carbons (Fsp3) is 0.500. The van der Waals surface area contributed by atoms with Gasteiger partial charge in [-0.1, -0.05) is 32.9 Å². The second-order valence-corrected chi connectivity index (χ2v) is 9.75. The van der Waals surface area contributed by atoms with Gasteiger partial charge in [0, 0.05) is 31.9 Å². The number of fused-ring (bicyclic) bond motifs is 5. The Morgan fingerprint density at radius 3 is 2.66 bits per heavy atom. The number of benzene rings is 1. The van der Waals surface area contributed by atoms with E-state index in [0.717, 1.165) is 11.1 Å². The van der Waals surface area contributed by atoms with Crippen LogP contribution < -0.4 is 10.2 Å². The molecule has 0 spiro atoms. The maximum absolute atomic E-state index is 13.0. The van der Waals surface area contributed by atoms with E-state index < -0.39 is 5.97 Å². The Labute approximate surface area is 204 Å². The van der Waals surface area contributed by atoms with Gasteiger partial charge in [0.15, 0.2) is 5.43 Å². The Balaban J connectivity index is 1.85. The lowest BCUT2D eigenvalue weighted by molar-refractivity contribution is 0.00114. The minimum absolute atomic E-state index is 0.0369. The fourth-order valence-corrected chi connectivity index (χ4v) is 4.50. The lowest BCUT2D eigenvalue weighted by Gasteiger charge is -2.38. The normalized spacial score (nSPS) is 16.0. The number of aromatic nitrogens is 3. The number of carbonyl (C=O) groups is 1. The van der Waals surface area contributed by atoms with Crippen LogP contribution in [0.4, 0.5) is 0 Å². The van der Waals surface area contributed by atoms with E-state index >= 15 is 0 Å². The second-order valence-electron chi connectivity index (χ2n) is 9.75. The number of hydrogen-bond donors (Lipinski definition) is 0. The van der Waals surface area contributed by atoms with E-state index in [1.165, 1.54) is 6.07 Å². The van der Waals surface area contributed by atoms with Crippen LogP contribution in [0.1, 0.15) is 44.1 Å². The van der Waals surface area contributed by atoms with Crippen molar-refractivity contribution in [3.05, 3.63) is 46.2 Å². The zero-order valence-corrected chi connectivity index (χ0v) is 21.2. The van der Waals surface area contributed by atoms with Crippen LogP contribution in [0, 0.1) is 5.41 Å². The molecule has 0 N–H and O–H groups in total. The van der Waals surface area contributed by atoms with E-state index in [2.05, 4.69) is 20.8 Å². The average molecular weight is 484 g/mol. The van der Waals surface area contributed by atoms with Crippen molar-refractivity contribution in [3.8, 4) is 17.1 Å². The van der Waals surface area contributed by atoms with Gasteiger partial charge in [0.05, 0.1) is 37.2 Å². The lowest BCUT2D eigenvalue weighted by Crippen LogP contribution is -2.35. The summed E-state index contributed by atoms with van der Waals surface area (Å²) in [6.07, 6.45) is 1.43. The van der Waals surface area contributed by atoms with Crippen LogP contribution in [-0.4, -0.2) is 60.5 Å². The molecule has 9 nitrogen and oxygen atoms in total. The van der Waals surface area contributed by atoms with Gasteiger partial charge >= 0.3 is 5.97 Å². The molecule has 9 heteroatoms. The topological polar surface area (TPSA) is 93.8 Å². The highest BCUT2D eigenvalue weighted by Crippen LogP contribution is 2.43. The molecule has 0 aliphatic carbocycles. The summed E-state index contributed by atoms with van der Waals surface area (Å²) in [5.41, 5.74) is 1.73. The Morgan fingerprint density at radius 1 is 1.23 bits per heavy atom. The van der Waals surface area contributed by atoms with Gasteiger partial charge in [-0.25, -0.2) is 4.79 Å². The van der Waals surface area contributed by atoms with E-state index in [0.29, 0.717) is 36.7 Å². The Hall–Kier alpha value is -3.17. The molecule has 1 aromatic carbocycles. The van der Waals surface area contributed by atoms with Crippen molar-refractivity contribution in [1.29, 1.82) is 0 Å². The van der Waals surface area contributed by atoms with Crippen LogP contribution in [0.25, 0.3) is 22.3 Å². The summed E-state index contributed by atoms with van der Waals surface area (Å²) in [5, 5.41) is 5.76. The number of pyridine rings is 1. The Bertz CT molecular complexity index is 1290. The summed E-state index contributed by atoms with van der Waals surface area (Å²) in [7, 11) is 3.24. The first-order chi connectivity index (χ1) is 16.7. The average Bonchev–Trinajstić information content (AvgIpc) is 3.19.